The predicted octanol–water partition coefficient (Wildman–Crippen LogP) is 2.45. The summed E-state index contributed by atoms with van der Waals surface area (Å²) in [6, 6.07) is 11.4. The molecule has 4 rings (SSSR count). The average molecular weight is 340 g/mol. The second kappa shape index (κ2) is 6.23. The van der Waals surface area contributed by atoms with Crippen LogP contribution in [0.3, 0.4) is 0 Å². The second-order valence-electron chi connectivity index (χ2n) is 5.40. The number of halogens is 1. The summed E-state index contributed by atoms with van der Waals surface area (Å²) in [5, 5.41) is 10.5. The molecule has 0 bridgehead atoms. The third-order valence-corrected chi connectivity index (χ3v) is 3.65. The van der Waals surface area contributed by atoms with Crippen LogP contribution >= 0.6 is 0 Å². The van der Waals surface area contributed by atoms with E-state index in [1.807, 2.05) is 0 Å². The van der Waals surface area contributed by atoms with Crippen molar-refractivity contribution < 1.29 is 18.7 Å². The van der Waals surface area contributed by atoms with Crippen molar-refractivity contribution in [3.63, 3.8) is 0 Å². The lowest BCUT2D eigenvalue weighted by atomic mass is 10.1. The van der Waals surface area contributed by atoms with Gasteiger partial charge >= 0.3 is 0 Å². The first kappa shape index (κ1) is 15.1. The highest BCUT2D eigenvalue weighted by atomic mass is 19.1. The van der Waals surface area contributed by atoms with E-state index in [1.165, 1.54) is 16.9 Å². The van der Waals surface area contributed by atoms with Crippen molar-refractivity contribution in [3.8, 4) is 22.8 Å². The number of carbonyl (C=O) groups is 1. The zero-order valence-corrected chi connectivity index (χ0v) is 13.0. The Morgan fingerprint density at radius 3 is 2.92 bits per heavy atom. The van der Waals surface area contributed by atoms with Crippen LogP contribution in [0.4, 0.5) is 10.1 Å². The van der Waals surface area contributed by atoms with Gasteiger partial charge in [0, 0.05) is 17.3 Å². The van der Waals surface area contributed by atoms with Gasteiger partial charge in [0.1, 0.15) is 18.1 Å². The second-order valence-corrected chi connectivity index (χ2v) is 5.40. The van der Waals surface area contributed by atoms with Crippen LogP contribution in [0.2, 0.25) is 0 Å². The van der Waals surface area contributed by atoms with Gasteiger partial charge in [-0.05, 0) is 24.3 Å². The van der Waals surface area contributed by atoms with E-state index >= 15 is 0 Å². The van der Waals surface area contributed by atoms with Crippen LogP contribution in [-0.2, 0) is 11.3 Å². The van der Waals surface area contributed by atoms with Gasteiger partial charge in [0.2, 0.25) is 12.7 Å². The maximum absolute atomic E-state index is 13.8. The third-order valence-electron chi connectivity index (χ3n) is 3.65. The van der Waals surface area contributed by atoms with Gasteiger partial charge in [-0.25, -0.2) is 9.07 Å². The van der Waals surface area contributed by atoms with Crippen molar-refractivity contribution in [2.24, 2.45) is 0 Å². The minimum absolute atomic E-state index is 0.0457. The molecule has 0 fully saturated rings. The lowest BCUT2D eigenvalue weighted by molar-refractivity contribution is -0.116. The third kappa shape index (κ3) is 3.14. The van der Waals surface area contributed by atoms with Gasteiger partial charge in [0.25, 0.3) is 0 Å². The molecule has 0 atom stereocenters. The number of nitrogens with zero attached hydrogens (tertiary/aromatic N) is 3. The molecule has 2 aromatic carbocycles. The summed E-state index contributed by atoms with van der Waals surface area (Å²) in [7, 11) is 0. The highest BCUT2D eigenvalue weighted by Crippen LogP contribution is 2.34. The molecular weight excluding hydrogens is 327 g/mol. The molecule has 1 aliphatic rings. The fourth-order valence-corrected chi connectivity index (χ4v) is 2.49. The zero-order chi connectivity index (χ0) is 17.2. The summed E-state index contributed by atoms with van der Waals surface area (Å²) in [6.07, 6.45) is 1.53. The normalized spacial score (nSPS) is 12.2. The molecule has 1 aromatic heterocycles. The van der Waals surface area contributed by atoms with E-state index in [1.54, 1.807) is 36.4 Å². The number of hydrogen-bond donors (Lipinski definition) is 1. The Kier molecular flexibility index (Phi) is 3.77. The van der Waals surface area contributed by atoms with Gasteiger partial charge in [-0.3, -0.25) is 4.79 Å². The Labute approximate surface area is 142 Å². The van der Waals surface area contributed by atoms with Crippen LogP contribution < -0.4 is 14.8 Å². The maximum atomic E-state index is 13.8. The topological polar surface area (TPSA) is 78.3 Å². The molecule has 1 N–H and O–H groups in total. The van der Waals surface area contributed by atoms with Crippen molar-refractivity contribution >= 4 is 11.6 Å². The SMILES string of the molecule is O=C(Cn1cc(-c2ccccc2F)nn1)Nc1ccc2c(c1)OCO2. The first-order valence-electron chi connectivity index (χ1n) is 7.53. The number of aromatic nitrogens is 3. The van der Waals surface area contributed by atoms with Crippen molar-refractivity contribution in [1.29, 1.82) is 0 Å². The molecule has 0 spiro atoms. The predicted molar refractivity (Wildman–Crippen MR) is 86.6 cm³/mol. The van der Waals surface area contributed by atoms with Crippen molar-refractivity contribution in [2.75, 3.05) is 12.1 Å². The van der Waals surface area contributed by atoms with Crippen LogP contribution in [-0.4, -0.2) is 27.7 Å². The van der Waals surface area contributed by atoms with Gasteiger partial charge in [0.05, 0.1) is 6.20 Å². The fraction of sp³-hybridized carbons (Fsp3) is 0.118. The number of anilines is 1. The van der Waals surface area contributed by atoms with Crippen molar-refractivity contribution in [3.05, 3.63) is 54.5 Å². The Bertz CT molecular complexity index is 941. The molecule has 0 saturated heterocycles. The molecule has 1 aliphatic heterocycles. The van der Waals surface area contributed by atoms with E-state index in [2.05, 4.69) is 15.6 Å². The van der Waals surface area contributed by atoms with Crippen LogP contribution in [0.5, 0.6) is 11.5 Å². The van der Waals surface area contributed by atoms with Crippen LogP contribution in [0.25, 0.3) is 11.3 Å². The Morgan fingerprint density at radius 2 is 2.04 bits per heavy atom. The molecule has 2 heterocycles. The van der Waals surface area contributed by atoms with Crippen LogP contribution in [0, 0.1) is 5.82 Å². The minimum atomic E-state index is -0.389. The van der Waals surface area contributed by atoms with Gasteiger partial charge in [-0.2, -0.15) is 0 Å². The Morgan fingerprint density at radius 1 is 1.20 bits per heavy atom. The minimum Gasteiger partial charge on any atom is -0.454 e. The highest BCUT2D eigenvalue weighted by molar-refractivity contribution is 5.90. The molecule has 0 unspecified atom stereocenters. The number of nitrogens with one attached hydrogen (secondary N) is 1. The molecule has 7 nitrogen and oxygen atoms in total. The van der Waals surface area contributed by atoms with E-state index in [0.717, 1.165) is 0 Å². The smallest absolute Gasteiger partial charge is 0.246 e. The Balaban J connectivity index is 1.44. The summed E-state index contributed by atoms with van der Waals surface area (Å²) in [5.74, 6) is 0.549. The number of hydrogen-bond acceptors (Lipinski definition) is 5. The number of carbonyl (C=O) groups excluding carboxylic acids is 1. The molecule has 126 valence electrons. The monoisotopic (exact) mass is 340 g/mol. The molecular formula is C17H13FN4O3. The van der Waals surface area contributed by atoms with Gasteiger partial charge < -0.3 is 14.8 Å². The fourth-order valence-electron chi connectivity index (χ4n) is 2.49. The molecule has 0 aliphatic carbocycles. The van der Waals surface area contributed by atoms with E-state index in [4.69, 9.17) is 9.47 Å². The van der Waals surface area contributed by atoms with Crippen LogP contribution in [0.15, 0.2) is 48.7 Å². The number of rotatable bonds is 4. The lowest BCUT2D eigenvalue weighted by Gasteiger charge is -2.05. The van der Waals surface area contributed by atoms with E-state index < -0.39 is 0 Å². The Hall–Kier alpha value is -3.42. The van der Waals surface area contributed by atoms with Gasteiger partial charge in [0.15, 0.2) is 11.5 Å². The average Bonchev–Trinajstić information content (AvgIpc) is 3.24. The molecule has 8 heteroatoms. The van der Waals surface area contributed by atoms with Crippen molar-refractivity contribution in [1.82, 2.24) is 15.0 Å². The number of amides is 1. The molecule has 1 amide bonds. The zero-order valence-electron chi connectivity index (χ0n) is 13.0. The van der Waals surface area contributed by atoms with Gasteiger partial charge in [-0.15, -0.1) is 5.10 Å². The van der Waals surface area contributed by atoms with Crippen LogP contribution in [0.1, 0.15) is 0 Å². The number of benzene rings is 2. The van der Waals surface area contributed by atoms with Crippen molar-refractivity contribution in [2.45, 2.75) is 6.54 Å². The number of fused-ring (bicyclic) bond motifs is 1. The van der Waals surface area contributed by atoms with E-state index in [0.29, 0.717) is 28.4 Å². The molecule has 0 radical (unpaired) electrons. The summed E-state index contributed by atoms with van der Waals surface area (Å²) < 4.78 is 25.6. The van der Waals surface area contributed by atoms with Gasteiger partial charge in [-0.1, -0.05) is 17.3 Å². The van der Waals surface area contributed by atoms with E-state index in [9.17, 15) is 9.18 Å². The quantitative estimate of drug-likeness (QED) is 0.789. The number of ether oxygens (including phenoxy) is 2. The lowest BCUT2D eigenvalue weighted by Crippen LogP contribution is -2.19. The molecule has 3 aromatic rings. The summed E-state index contributed by atoms with van der Waals surface area (Å²) in [4.78, 5) is 12.1. The molecule has 25 heavy (non-hydrogen) atoms. The maximum Gasteiger partial charge on any atom is 0.246 e. The van der Waals surface area contributed by atoms with E-state index in [-0.39, 0.29) is 25.1 Å². The standard InChI is InChI=1S/C17H13FN4O3/c18-13-4-2-1-3-12(13)14-8-22(21-20-14)9-17(23)19-11-5-6-15-16(7-11)25-10-24-15/h1-8H,9-10H2,(H,19,23). The molecule has 0 saturated carbocycles. The summed E-state index contributed by atoms with van der Waals surface area (Å²) in [5.41, 5.74) is 1.29. The first-order valence-corrected chi connectivity index (χ1v) is 7.53. The first-order chi connectivity index (χ1) is 12.2. The summed E-state index contributed by atoms with van der Waals surface area (Å²) in [6.45, 7) is 0.125. The summed E-state index contributed by atoms with van der Waals surface area (Å²) >= 11 is 0. The highest BCUT2D eigenvalue weighted by Gasteiger charge is 2.15. The largest absolute Gasteiger partial charge is 0.454 e.